The van der Waals surface area contributed by atoms with E-state index in [1.807, 2.05) is 6.08 Å². The first-order valence-corrected chi connectivity index (χ1v) is 8.90. The highest BCUT2D eigenvalue weighted by atomic mass is 35.5. The summed E-state index contributed by atoms with van der Waals surface area (Å²) >= 11 is 6.09. The van der Waals surface area contributed by atoms with Crippen LogP contribution in [-0.2, 0) is 10.0 Å². The SMILES string of the molecule is Cl.O=S(=O)(NCC1=CCNCC1)c1cc2c(cc1Cl)OCCO2. The third-order valence-corrected chi connectivity index (χ3v) is 5.40. The van der Waals surface area contributed by atoms with Crippen molar-refractivity contribution in [3.05, 3.63) is 28.8 Å². The number of nitrogens with one attached hydrogen (secondary N) is 2. The van der Waals surface area contributed by atoms with E-state index in [1.54, 1.807) is 0 Å². The van der Waals surface area contributed by atoms with Crippen LogP contribution in [-0.4, -0.2) is 41.3 Å². The third kappa shape index (κ3) is 4.30. The van der Waals surface area contributed by atoms with E-state index in [2.05, 4.69) is 10.0 Å². The predicted molar refractivity (Wildman–Crippen MR) is 90.4 cm³/mol. The van der Waals surface area contributed by atoms with Gasteiger partial charge in [0.25, 0.3) is 0 Å². The quantitative estimate of drug-likeness (QED) is 0.777. The van der Waals surface area contributed by atoms with Crippen LogP contribution in [0.25, 0.3) is 0 Å². The van der Waals surface area contributed by atoms with Gasteiger partial charge >= 0.3 is 0 Å². The highest BCUT2D eigenvalue weighted by Crippen LogP contribution is 2.37. The molecular formula is C14H18Cl2N2O4S. The van der Waals surface area contributed by atoms with E-state index < -0.39 is 10.0 Å². The lowest BCUT2D eigenvalue weighted by molar-refractivity contribution is 0.171. The summed E-state index contributed by atoms with van der Waals surface area (Å²) in [6.45, 7) is 2.73. The molecule has 128 valence electrons. The summed E-state index contributed by atoms with van der Waals surface area (Å²) in [4.78, 5) is 0.00736. The summed E-state index contributed by atoms with van der Waals surface area (Å²) in [5.41, 5.74) is 1.07. The molecule has 0 bridgehead atoms. The minimum absolute atomic E-state index is 0. The minimum atomic E-state index is -3.70. The van der Waals surface area contributed by atoms with Gasteiger partial charge in [-0.1, -0.05) is 23.3 Å². The molecule has 0 saturated carbocycles. The molecule has 2 heterocycles. The average molecular weight is 381 g/mol. The van der Waals surface area contributed by atoms with E-state index in [0.717, 1.165) is 25.1 Å². The number of fused-ring (bicyclic) bond motifs is 1. The summed E-state index contributed by atoms with van der Waals surface area (Å²) in [5.74, 6) is 0.869. The summed E-state index contributed by atoms with van der Waals surface area (Å²) < 4.78 is 38.3. The number of halogens is 2. The van der Waals surface area contributed by atoms with Crippen LogP contribution in [0, 0.1) is 0 Å². The van der Waals surface area contributed by atoms with Crippen molar-refractivity contribution in [3.63, 3.8) is 0 Å². The number of ether oxygens (including phenoxy) is 2. The maximum atomic E-state index is 12.4. The van der Waals surface area contributed by atoms with Gasteiger partial charge in [-0.2, -0.15) is 0 Å². The van der Waals surface area contributed by atoms with Crippen molar-refractivity contribution in [3.8, 4) is 11.5 Å². The van der Waals surface area contributed by atoms with E-state index in [9.17, 15) is 8.42 Å². The molecule has 0 saturated heterocycles. The Hall–Kier alpha value is -0.990. The first-order chi connectivity index (χ1) is 10.6. The van der Waals surface area contributed by atoms with Crippen molar-refractivity contribution in [2.24, 2.45) is 0 Å². The van der Waals surface area contributed by atoms with E-state index in [4.69, 9.17) is 21.1 Å². The molecular weight excluding hydrogens is 363 g/mol. The van der Waals surface area contributed by atoms with Gasteiger partial charge in [-0.3, -0.25) is 0 Å². The smallest absolute Gasteiger partial charge is 0.242 e. The fourth-order valence-electron chi connectivity index (χ4n) is 2.35. The molecule has 0 aliphatic carbocycles. The van der Waals surface area contributed by atoms with Crippen LogP contribution >= 0.6 is 24.0 Å². The van der Waals surface area contributed by atoms with Crippen molar-refractivity contribution >= 4 is 34.0 Å². The van der Waals surface area contributed by atoms with Crippen molar-refractivity contribution in [1.29, 1.82) is 0 Å². The number of hydrogen-bond donors (Lipinski definition) is 2. The lowest BCUT2D eigenvalue weighted by atomic mass is 10.1. The first kappa shape index (κ1) is 18.4. The fourth-order valence-corrected chi connectivity index (χ4v) is 3.91. The molecule has 1 aromatic rings. The Bertz CT molecular complexity index is 707. The molecule has 0 unspecified atom stereocenters. The lowest BCUT2D eigenvalue weighted by Gasteiger charge is -2.20. The highest BCUT2D eigenvalue weighted by molar-refractivity contribution is 7.89. The summed E-state index contributed by atoms with van der Waals surface area (Å²) in [6, 6.07) is 2.89. The largest absolute Gasteiger partial charge is 0.486 e. The Morgan fingerprint density at radius 1 is 1.22 bits per heavy atom. The topological polar surface area (TPSA) is 76.7 Å². The van der Waals surface area contributed by atoms with E-state index in [-0.39, 0.29) is 28.9 Å². The van der Waals surface area contributed by atoms with Gasteiger partial charge < -0.3 is 14.8 Å². The van der Waals surface area contributed by atoms with Crippen molar-refractivity contribution in [1.82, 2.24) is 10.0 Å². The van der Waals surface area contributed by atoms with Crippen LogP contribution in [0.15, 0.2) is 28.7 Å². The zero-order valence-electron chi connectivity index (χ0n) is 12.3. The molecule has 0 radical (unpaired) electrons. The maximum absolute atomic E-state index is 12.4. The average Bonchev–Trinajstić information content (AvgIpc) is 2.53. The Balaban J connectivity index is 0.00000192. The van der Waals surface area contributed by atoms with E-state index in [1.165, 1.54) is 12.1 Å². The number of hydrogen-bond acceptors (Lipinski definition) is 5. The Kier molecular flexibility index (Phi) is 6.16. The molecule has 2 N–H and O–H groups in total. The van der Waals surface area contributed by atoms with Gasteiger partial charge in [-0.25, -0.2) is 13.1 Å². The maximum Gasteiger partial charge on any atom is 0.242 e. The van der Waals surface area contributed by atoms with Gasteiger partial charge in [0.1, 0.15) is 18.1 Å². The van der Waals surface area contributed by atoms with Crippen molar-refractivity contribution < 1.29 is 17.9 Å². The zero-order chi connectivity index (χ0) is 15.6. The lowest BCUT2D eigenvalue weighted by Crippen LogP contribution is -2.30. The van der Waals surface area contributed by atoms with Gasteiger partial charge in [0.15, 0.2) is 11.5 Å². The molecule has 9 heteroatoms. The van der Waals surface area contributed by atoms with Crippen LogP contribution in [0.3, 0.4) is 0 Å². The van der Waals surface area contributed by atoms with Gasteiger partial charge in [0.05, 0.1) is 5.02 Å². The predicted octanol–water partition coefficient (Wildman–Crippen LogP) is 1.73. The van der Waals surface area contributed by atoms with Crippen LogP contribution < -0.4 is 19.5 Å². The Labute approximate surface area is 146 Å². The molecule has 0 aromatic heterocycles. The zero-order valence-corrected chi connectivity index (χ0v) is 14.7. The van der Waals surface area contributed by atoms with Gasteiger partial charge in [0, 0.05) is 25.2 Å². The minimum Gasteiger partial charge on any atom is -0.486 e. The molecule has 2 aliphatic rings. The molecule has 3 rings (SSSR count). The van der Waals surface area contributed by atoms with Gasteiger partial charge in [0.2, 0.25) is 10.0 Å². The molecule has 1 aromatic carbocycles. The third-order valence-electron chi connectivity index (χ3n) is 3.53. The second-order valence-corrected chi connectivity index (χ2v) is 7.21. The fraction of sp³-hybridized carbons (Fsp3) is 0.429. The highest BCUT2D eigenvalue weighted by Gasteiger charge is 2.23. The Morgan fingerprint density at radius 3 is 2.57 bits per heavy atom. The number of rotatable bonds is 4. The van der Waals surface area contributed by atoms with Crippen LogP contribution in [0.4, 0.5) is 0 Å². The normalized spacial score (nSPS) is 17.2. The summed E-state index contributed by atoms with van der Waals surface area (Å²) in [6.07, 6.45) is 2.83. The molecule has 0 fully saturated rings. The van der Waals surface area contributed by atoms with Crippen molar-refractivity contribution in [2.45, 2.75) is 11.3 Å². The first-order valence-electron chi connectivity index (χ1n) is 7.04. The van der Waals surface area contributed by atoms with Gasteiger partial charge in [-0.05, 0) is 13.0 Å². The second-order valence-electron chi connectivity index (χ2n) is 5.07. The standard InChI is InChI=1S/C14H17ClN2O4S.ClH/c15-11-7-12-13(21-6-5-20-12)8-14(11)22(18,19)17-9-10-1-3-16-4-2-10;/h1,7-8,16-17H,2-6,9H2;1H. The van der Waals surface area contributed by atoms with Gasteiger partial charge in [-0.15, -0.1) is 12.4 Å². The van der Waals surface area contributed by atoms with E-state index >= 15 is 0 Å². The molecule has 23 heavy (non-hydrogen) atoms. The van der Waals surface area contributed by atoms with E-state index in [0.29, 0.717) is 24.7 Å². The second kappa shape index (κ2) is 7.72. The monoisotopic (exact) mass is 380 g/mol. The van der Waals surface area contributed by atoms with Crippen LogP contribution in [0.1, 0.15) is 6.42 Å². The number of sulfonamides is 1. The molecule has 0 atom stereocenters. The molecule has 6 nitrogen and oxygen atoms in total. The van der Waals surface area contributed by atoms with Crippen LogP contribution in [0.5, 0.6) is 11.5 Å². The van der Waals surface area contributed by atoms with Crippen LogP contribution in [0.2, 0.25) is 5.02 Å². The molecule has 0 amide bonds. The molecule has 2 aliphatic heterocycles. The summed E-state index contributed by atoms with van der Waals surface area (Å²) in [7, 11) is -3.70. The van der Waals surface area contributed by atoms with Crippen molar-refractivity contribution in [2.75, 3.05) is 32.8 Å². The molecule has 0 spiro atoms. The summed E-state index contributed by atoms with van der Waals surface area (Å²) in [5, 5.41) is 3.30. The number of benzene rings is 1. The Morgan fingerprint density at radius 2 is 1.91 bits per heavy atom.